The van der Waals surface area contributed by atoms with Gasteiger partial charge in [0.25, 0.3) is 0 Å². The van der Waals surface area contributed by atoms with Crippen molar-refractivity contribution in [2.24, 2.45) is 0 Å². The lowest BCUT2D eigenvalue weighted by molar-refractivity contribution is -0.924. The van der Waals surface area contributed by atoms with Crippen molar-refractivity contribution in [1.82, 2.24) is 20.2 Å². The molecule has 0 aliphatic carbocycles. The average Bonchev–Trinajstić information content (AvgIpc) is 3.18. The zero-order valence-corrected chi connectivity index (χ0v) is 17.3. The van der Waals surface area contributed by atoms with Gasteiger partial charge in [-0.1, -0.05) is 59.3 Å². The fraction of sp³-hybridized carbons (Fsp3) is 0.350. The molecule has 1 aromatic heterocycles. The molecule has 0 spiro atoms. The maximum Gasteiger partial charge on any atom is 0.214 e. The summed E-state index contributed by atoms with van der Waals surface area (Å²) in [4.78, 5) is 1.49. The second-order valence-electron chi connectivity index (χ2n) is 6.98. The van der Waals surface area contributed by atoms with Crippen LogP contribution in [0.15, 0.2) is 53.7 Å². The van der Waals surface area contributed by atoms with Crippen LogP contribution in [0.3, 0.4) is 0 Å². The van der Waals surface area contributed by atoms with Crippen molar-refractivity contribution in [3.8, 4) is 5.69 Å². The van der Waals surface area contributed by atoms with Crippen molar-refractivity contribution < 1.29 is 9.64 Å². The number of aryl methyl sites for hydroxylation is 1. The standard InChI is InChI=1S/C20H22ClN5OS/c1-15-6-8-17(9-7-15)26-20(22-23-24-26)28-14-18-13-25(10-11-27-18)12-16-4-2-3-5-19(16)21/h2-9,18H,10-14H2,1H3/p+1/t18-/m1/s1. The van der Waals surface area contributed by atoms with Gasteiger partial charge in [0.15, 0.2) is 0 Å². The molecule has 28 heavy (non-hydrogen) atoms. The molecule has 3 aromatic rings. The Balaban J connectivity index is 1.36. The Morgan fingerprint density at radius 3 is 2.86 bits per heavy atom. The summed E-state index contributed by atoms with van der Waals surface area (Å²) in [7, 11) is 0. The SMILES string of the molecule is Cc1ccc(-n2nnnc2SC[C@H]2C[NH+](Cc3ccccc3Cl)CCO2)cc1. The van der Waals surface area contributed by atoms with Gasteiger partial charge in [0.1, 0.15) is 25.7 Å². The molecule has 146 valence electrons. The number of hydrogen-bond acceptors (Lipinski definition) is 5. The first kappa shape index (κ1) is 19.4. The normalized spacial score (nSPS) is 19.6. The quantitative estimate of drug-likeness (QED) is 0.624. The molecule has 0 amide bonds. The maximum atomic E-state index is 6.32. The van der Waals surface area contributed by atoms with Gasteiger partial charge in [0.05, 0.1) is 12.3 Å². The van der Waals surface area contributed by atoms with Crippen molar-refractivity contribution in [1.29, 1.82) is 0 Å². The molecule has 2 atom stereocenters. The number of aromatic nitrogens is 4. The molecule has 6 nitrogen and oxygen atoms in total. The second-order valence-corrected chi connectivity index (χ2v) is 8.38. The van der Waals surface area contributed by atoms with Gasteiger partial charge in [-0.05, 0) is 35.5 Å². The smallest absolute Gasteiger partial charge is 0.214 e. The van der Waals surface area contributed by atoms with Gasteiger partial charge in [-0.3, -0.25) is 0 Å². The zero-order valence-electron chi connectivity index (χ0n) is 15.7. The van der Waals surface area contributed by atoms with Crippen LogP contribution in [0.2, 0.25) is 5.02 Å². The van der Waals surface area contributed by atoms with Crippen LogP contribution in [0.25, 0.3) is 5.69 Å². The van der Waals surface area contributed by atoms with Crippen LogP contribution in [0.4, 0.5) is 0 Å². The number of morpholine rings is 1. The molecule has 1 unspecified atom stereocenters. The number of ether oxygens (including phenoxy) is 1. The highest BCUT2D eigenvalue weighted by Crippen LogP contribution is 2.20. The van der Waals surface area contributed by atoms with Crippen LogP contribution in [0, 0.1) is 6.92 Å². The molecule has 1 fully saturated rings. The summed E-state index contributed by atoms with van der Waals surface area (Å²) in [6, 6.07) is 16.2. The minimum Gasteiger partial charge on any atom is -0.366 e. The van der Waals surface area contributed by atoms with Crippen LogP contribution in [0.1, 0.15) is 11.1 Å². The highest BCUT2D eigenvalue weighted by Gasteiger charge is 2.25. The minimum absolute atomic E-state index is 0.166. The van der Waals surface area contributed by atoms with Gasteiger partial charge >= 0.3 is 0 Å². The van der Waals surface area contributed by atoms with E-state index in [4.69, 9.17) is 16.3 Å². The van der Waals surface area contributed by atoms with E-state index in [0.29, 0.717) is 0 Å². The van der Waals surface area contributed by atoms with E-state index in [2.05, 4.69) is 40.6 Å². The van der Waals surface area contributed by atoms with Gasteiger partial charge in [-0.2, -0.15) is 4.68 Å². The Hall–Kier alpha value is -1.93. The van der Waals surface area contributed by atoms with E-state index in [0.717, 1.165) is 47.9 Å². The van der Waals surface area contributed by atoms with Gasteiger partial charge in [0, 0.05) is 16.3 Å². The molecule has 0 bridgehead atoms. The highest BCUT2D eigenvalue weighted by molar-refractivity contribution is 7.99. The van der Waals surface area contributed by atoms with Crippen molar-refractivity contribution >= 4 is 23.4 Å². The van der Waals surface area contributed by atoms with Crippen molar-refractivity contribution in [3.05, 3.63) is 64.7 Å². The van der Waals surface area contributed by atoms with Crippen LogP contribution < -0.4 is 4.90 Å². The number of tetrazole rings is 1. The molecule has 4 rings (SSSR count). The van der Waals surface area contributed by atoms with Crippen LogP contribution in [0.5, 0.6) is 0 Å². The molecule has 1 N–H and O–H groups in total. The third-order valence-electron chi connectivity index (χ3n) is 4.84. The average molecular weight is 417 g/mol. The fourth-order valence-electron chi connectivity index (χ4n) is 3.32. The minimum atomic E-state index is 0.166. The maximum absolute atomic E-state index is 6.32. The molecule has 8 heteroatoms. The van der Waals surface area contributed by atoms with E-state index in [1.54, 1.807) is 16.4 Å². The lowest BCUT2D eigenvalue weighted by Crippen LogP contribution is -3.13. The Labute approximate surface area is 173 Å². The van der Waals surface area contributed by atoms with Crippen LogP contribution in [-0.2, 0) is 11.3 Å². The number of nitrogens with one attached hydrogen (secondary N) is 1. The fourth-order valence-corrected chi connectivity index (χ4v) is 4.43. The van der Waals surface area contributed by atoms with Crippen molar-refractivity contribution in [2.75, 3.05) is 25.4 Å². The van der Waals surface area contributed by atoms with E-state index in [1.165, 1.54) is 16.0 Å². The number of quaternary nitrogens is 1. The highest BCUT2D eigenvalue weighted by atomic mass is 35.5. The Morgan fingerprint density at radius 1 is 1.21 bits per heavy atom. The lowest BCUT2D eigenvalue weighted by atomic mass is 10.2. The number of nitrogens with zero attached hydrogens (tertiary/aromatic N) is 4. The summed E-state index contributed by atoms with van der Waals surface area (Å²) in [5.74, 6) is 0.818. The Bertz CT molecular complexity index is 917. The van der Waals surface area contributed by atoms with Crippen LogP contribution in [-0.4, -0.2) is 51.8 Å². The van der Waals surface area contributed by atoms with Crippen molar-refractivity contribution in [2.45, 2.75) is 24.7 Å². The van der Waals surface area contributed by atoms with Gasteiger partial charge in [-0.25, -0.2) is 0 Å². The first-order valence-electron chi connectivity index (χ1n) is 9.36. The largest absolute Gasteiger partial charge is 0.366 e. The molecule has 1 aliphatic rings. The molecular weight excluding hydrogens is 394 g/mol. The van der Waals surface area contributed by atoms with Gasteiger partial charge < -0.3 is 9.64 Å². The Morgan fingerprint density at radius 2 is 2.04 bits per heavy atom. The zero-order chi connectivity index (χ0) is 19.3. The van der Waals surface area contributed by atoms with E-state index >= 15 is 0 Å². The summed E-state index contributed by atoms with van der Waals surface area (Å²) in [5, 5.41) is 13.8. The number of rotatable bonds is 6. The predicted octanol–water partition coefficient (Wildman–Crippen LogP) is 2.20. The van der Waals surface area contributed by atoms with Gasteiger partial charge in [0.2, 0.25) is 5.16 Å². The number of thioether (sulfide) groups is 1. The van der Waals surface area contributed by atoms with E-state index in [1.807, 2.05) is 30.3 Å². The van der Waals surface area contributed by atoms with E-state index < -0.39 is 0 Å². The second kappa shape index (κ2) is 9.05. The third kappa shape index (κ3) is 4.72. The molecule has 0 saturated carbocycles. The lowest BCUT2D eigenvalue weighted by Gasteiger charge is -2.30. The summed E-state index contributed by atoms with van der Waals surface area (Å²) in [6.07, 6.45) is 0.166. The number of hydrogen-bond donors (Lipinski definition) is 1. The Kier molecular flexibility index (Phi) is 6.26. The first-order valence-corrected chi connectivity index (χ1v) is 10.7. The molecule has 2 heterocycles. The molecular formula is C20H23ClN5OS+. The van der Waals surface area contributed by atoms with Gasteiger partial charge in [-0.15, -0.1) is 5.10 Å². The molecule has 1 aliphatic heterocycles. The predicted molar refractivity (Wildman–Crippen MR) is 110 cm³/mol. The molecule has 0 radical (unpaired) electrons. The number of benzene rings is 2. The summed E-state index contributed by atoms with van der Waals surface area (Å²) >= 11 is 7.95. The molecule has 1 saturated heterocycles. The third-order valence-corrected chi connectivity index (χ3v) is 6.26. The van der Waals surface area contributed by atoms with E-state index in [-0.39, 0.29) is 6.10 Å². The summed E-state index contributed by atoms with van der Waals surface area (Å²) in [6.45, 7) is 5.69. The van der Waals surface area contributed by atoms with Crippen molar-refractivity contribution in [3.63, 3.8) is 0 Å². The number of halogens is 1. The molecule has 2 aromatic carbocycles. The first-order chi connectivity index (χ1) is 13.7. The summed E-state index contributed by atoms with van der Waals surface area (Å²) in [5.41, 5.74) is 3.37. The van der Waals surface area contributed by atoms with E-state index in [9.17, 15) is 0 Å². The summed E-state index contributed by atoms with van der Waals surface area (Å²) < 4.78 is 7.76. The topological polar surface area (TPSA) is 57.3 Å². The monoisotopic (exact) mass is 416 g/mol. The van der Waals surface area contributed by atoms with Crippen LogP contribution >= 0.6 is 23.4 Å².